The number of amides is 1. The summed E-state index contributed by atoms with van der Waals surface area (Å²) in [5, 5.41) is 3.10. The van der Waals surface area contributed by atoms with E-state index in [9.17, 15) is 4.79 Å². The number of carbonyl (C=O) groups is 1. The van der Waals surface area contributed by atoms with Gasteiger partial charge in [0, 0.05) is 19.5 Å². The van der Waals surface area contributed by atoms with Gasteiger partial charge in [-0.25, -0.2) is 0 Å². The van der Waals surface area contributed by atoms with Crippen LogP contribution >= 0.6 is 0 Å². The van der Waals surface area contributed by atoms with Gasteiger partial charge in [-0.3, -0.25) is 4.79 Å². The summed E-state index contributed by atoms with van der Waals surface area (Å²) in [7, 11) is 4.15. The third kappa shape index (κ3) is 3.89. The van der Waals surface area contributed by atoms with Crippen LogP contribution in [0.1, 0.15) is 43.2 Å². The van der Waals surface area contributed by atoms with Crippen molar-refractivity contribution in [2.24, 2.45) is 17.8 Å². The number of rotatable bonds is 6. The van der Waals surface area contributed by atoms with Crippen LogP contribution in [0.5, 0.6) is 0 Å². The van der Waals surface area contributed by atoms with Gasteiger partial charge in [0.2, 0.25) is 5.91 Å². The molecule has 1 N–H and O–H groups in total. The monoisotopic (exact) mass is 300 g/mol. The van der Waals surface area contributed by atoms with E-state index in [4.69, 9.17) is 0 Å². The summed E-state index contributed by atoms with van der Waals surface area (Å²) in [5.74, 6) is 2.64. The van der Waals surface area contributed by atoms with Crippen LogP contribution in [0.4, 0.5) is 0 Å². The number of benzene rings is 1. The molecule has 2 bridgehead atoms. The standard InChI is InChI=1S/C19H28N2O/c1-21(2)13-15-5-3-14(4-6-15)12-20-19(22)11-18-10-16-7-8-17(18)9-16/h3-6,16-18H,7-13H2,1-2H3,(H,20,22)/t16-,17+,18-/m0/s1. The van der Waals surface area contributed by atoms with E-state index in [1.807, 2.05) is 0 Å². The summed E-state index contributed by atoms with van der Waals surface area (Å²) in [6.07, 6.45) is 6.17. The molecule has 3 heteroatoms. The number of nitrogens with one attached hydrogen (secondary N) is 1. The van der Waals surface area contributed by atoms with Crippen LogP contribution in [-0.4, -0.2) is 24.9 Å². The molecule has 2 fully saturated rings. The molecular weight excluding hydrogens is 272 g/mol. The average molecular weight is 300 g/mol. The fraction of sp³-hybridized carbons (Fsp3) is 0.632. The highest BCUT2D eigenvalue weighted by Gasteiger charge is 2.39. The molecular formula is C19H28N2O. The van der Waals surface area contributed by atoms with Crippen molar-refractivity contribution in [1.82, 2.24) is 10.2 Å². The van der Waals surface area contributed by atoms with E-state index >= 15 is 0 Å². The van der Waals surface area contributed by atoms with Crippen molar-refractivity contribution in [3.8, 4) is 0 Å². The smallest absolute Gasteiger partial charge is 0.220 e. The minimum absolute atomic E-state index is 0.231. The van der Waals surface area contributed by atoms with Gasteiger partial charge in [0.15, 0.2) is 0 Å². The molecule has 3 atom stereocenters. The van der Waals surface area contributed by atoms with Crippen LogP contribution in [0.2, 0.25) is 0 Å². The molecule has 22 heavy (non-hydrogen) atoms. The number of nitrogens with zero attached hydrogens (tertiary/aromatic N) is 1. The minimum Gasteiger partial charge on any atom is -0.352 e. The van der Waals surface area contributed by atoms with E-state index in [-0.39, 0.29) is 5.91 Å². The maximum atomic E-state index is 12.1. The van der Waals surface area contributed by atoms with Crippen LogP contribution in [0, 0.1) is 17.8 Å². The molecule has 1 aromatic carbocycles. The minimum atomic E-state index is 0.231. The van der Waals surface area contributed by atoms with E-state index in [1.54, 1.807) is 0 Å². The molecule has 2 aliphatic rings. The van der Waals surface area contributed by atoms with Crippen LogP contribution in [-0.2, 0) is 17.9 Å². The Hall–Kier alpha value is -1.35. The van der Waals surface area contributed by atoms with Crippen molar-refractivity contribution in [3.05, 3.63) is 35.4 Å². The molecule has 1 amide bonds. The zero-order valence-corrected chi connectivity index (χ0v) is 13.8. The lowest BCUT2D eigenvalue weighted by Gasteiger charge is -2.20. The zero-order chi connectivity index (χ0) is 15.5. The van der Waals surface area contributed by atoms with Gasteiger partial charge < -0.3 is 10.2 Å². The predicted molar refractivity (Wildman–Crippen MR) is 89.2 cm³/mol. The fourth-order valence-corrected chi connectivity index (χ4v) is 4.27. The van der Waals surface area contributed by atoms with Crippen molar-refractivity contribution >= 4 is 5.91 Å². The highest BCUT2D eigenvalue weighted by molar-refractivity contribution is 5.76. The normalized spacial score (nSPS) is 26.6. The highest BCUT2D eigenvalue weighted by atomic mass is 16.1. The van der Waals surface area contributed by atoms with Crippen molar-refractivity contribution in [1.29, 1.82) is 0 Å². The summed E-state index contributed by atoms with van der Waals surface area (Å²) >= 11 is 0. The summed E-state index contributed by atoms with van der Waals surface area (Å²) in [6, 6.07) is 8.54. The molecule has 0 aliphatic heterocycles. The molecule has 3 rings (SSSR count). The van der Waals surface area contributed by atoms with Gasteiger partial charge in [0.1, 0.15) is 0 Å². The topological polar surface area (TPSA) is 32.3 Å². The first-order chi connectivity index (χ1) is 10.6. The molecule has 0 unspecified atom stereocenters. The Balaban J connectivity index is 1.43. The lowest BCUT2D eigenvalue weighted by molar-refractivity contribution is -0.122. The maximum absolute atomic E-state index is 12.1. The summed E-state index contributed by atoms with van der Waals surface area (Å²) in [4.78, 5) is 14.3. The van der Waals surface area contributed by atoms with Crippen LogP contribution < -0.4 is 5.32 Å². The van der Waals surface area contributed by atoms with Gasteiger partial charge in [-0.1, -0.05) is 30.7 Å². The molecule has 120 valence electrons. The van der Waals surface area contributed by atoms with E-state index in [1.165, 1.54) is 36.8 Å². The fourth-order valence-electron chi connectivity index (χ4n) is 4.27. The second-order valence-electron chi connectivity index (χ2n) is 7.47. The summed E-state index contributed by atoms with van der Waals surface area (Å²) < 4.78 is 0. The number of carbonyl (C=O) groups excluding carboxylic acids is 1. The van der Waals surface area contributed by atoms with Gasteiger partial charge in [-0.2, -0.15) is 0 Å². The largest absolute Gasteiger partial charge is 0.352 e. The van der Waals surface area contributed by atoms with Gasteiger partial charge in [0.25, 0.3) is 0 Å². The van der Waals surface area contributed by atoms with Crippen molar-refractivity contribution < 1.29 is 4.79 Å². The van der Waals surface area contributed by atoms with Gasteiger partial charge >= 0.3 is 0 Å². The van der Waals surface area contributed by atoms with E-state index < -0.39 is 0 Å². The molecule has 0 radical (unpaired) electrons. The number of hydrogen-bond donors (Lipinski definition) is 1. The Morgan fingerprint density at radius 1 is 1.14 bits per heavy atom. The summed E-state index contributed by atoms with van der Waals surface area (Å²) in [5.41, 5.74) is 2.49. The third-order valence-electron chi connectivity index (χ3n) is 5.34. The maximum Gasteiger partial charge on any atom is 0.220 e. The molecule has 3 nitrogen and oxygen atoms in total. The second kappa shape index (κ2) is 6.82. The first kappa shape index (κ1) is 15.5. The molecule has 0 spiro atoms. The highest BCUT2D eigenvalue weighted by Crippen LogP contribution is 2.49. The molecule has 2 saturated carbocycles. The molecule has 1 aromatic rings. The van der Waals surface area contributed by atoms with E-state index in [0.29, 0.717) is 12.5 Å². The van der Waals surface area contributed by atoms with E-state index in [2.05, 4.69) is 48.6 Å². The number of fused-ring (bicyclic) bond motifs is 2. The predicted octanol–water partition coefficient (Wildman–Crippen LogP) is 3.19. The lowest BCUT2D eigenvalue weighted by Crippen LogP contribution is -2.26. The van der Waals surface area contributed by atoms with E-state index in [0.717, 1.165) is 24.8 Å². The average Bonchev–Trinajstić information content (AvgIpc) is 3.08. The van der Waals surface area contributed by atoms with Gasteiger partial charge in [-0.05, 0) is 62.2 Å². The molecule has 0 heterocycles. The number of hydrogen-bond acceptors (Lipinski definition) is 2. The Kier molecular flexibility index (Phi) is 4.82. The molecule has 0 aromatic heterocycles. The Bertz CT molecular complexity index is 509. The first-order valence-corrected chi connectivity index (χ1v) is 8.59. The van der Waals surface area contributed by atoms with Crippen LogP contribution in [0.25, 0.3) is 0 Å². The van der Waals surface area contributed by atoms with Gasteiger partial charge in [-0.15, -0.1) is 0 Å². The van der Waals surface area contributed by atoms with Crippen molar-refractivity contribution in [3.63, 3.8) is 0 Å². The van der Waals surface area contributed by atoms with Crippen molar-refractivity contribution in [2.75, 3.05) is 14.1 Å². The molecule has 2 aliphatic carbocycles. The van der Waals surface area contributed by atoms with Crippen molar-refractivity contribution in [2.45, 2.75) is 45.2 Å². The van der Waals surface area contributed by atoms with Crippen LogP contribution in [0.15, 0.2) is 24.3 Å². The SMILES string of the molecule is CN(C)Cc1ccc(CNC(=O)C[C@@H]2C[C@H]3CC[C@@H]2C3)cc1. The Morgan fingerprint density at radius 2 is 1.86 bits per heavy atom. The second-order valence-corrected chi connectivity index (χ2v) is 7.47. The quantitative estimate of drug-likeness (QED) is 0.875. The van der Waals surface area contributed by atoms with Crippen LogP contribution in [0.3, 0.4) is 0 Å². The Labute approximate surface area is 134 Å². The van der Waals surface area contributed by atoms with Gasteiger partial charge in [0.05, 0.1) is 0 Å². The lowest BCUT2D eigenvalue weighted by atomic mass is 9.86. The summed E-state index contributed by atoms with van der Waals surface area (Å²) in [6.45, 7) is 1.61. The first-order valence-electron chi connectivity index (χ1n) is 8.59. The third-order valence-corrected chi connectivity index (χ3v) is 5.34. The molecule has 0 saturated heterocycles. The Morgan fingerprint density at radius 3 is 2.45 bits per heavy atom. The zero-order valence-electron chi connectivity index (χ0n) is 13.8.